The van der Waals surface area contributed by atoms with E-state index in [4.69, 9.17) is 9.47 Å². The van der Waals surface area contributed by atoms with E-state index in [1.165, 1.54) is 24.9 Å². The maximum Gasteiger partial charge on any atom is 0.534 e. The van der Waals surface area contributed by atoms with Gasteiger partial charge in [0, 0.05) is 35.0 Å². The van der Waals surface area contributed by atoms with Crippen LogP contribution in [0, 0.1) is 5.41 Å². The maximum atomic E-state index is 13.0. The number of thioether (sulfide) groups is 1. The molecule has 35 heavy (non-hydrogen) atoms. The Kier molecular flexibility index (Phi) is 8.41. The molecule has 0 saturated heterocycles. The molecule has 3 rings (SSSR count). The predicted molar refractivity (Wildman–Crippen MR) is 132 cm³/mol. The van der Waals surface area contributed by atoms with E-state index in [1.807, 2.05) is 24.3 Å². The molecule has 194 valence electrons. The Bertz CT molecular complexity index is 1120. The highest BCUT2D eigenvalue weighted by Gasteiger charge is 2.49. The van der Waals surface area contributed by atoms with Crippen LogP contribution in [0.2, 0.25) is 0 Å². The van der Waals surface area contributed by atoms with Gasteiger partial charge in [0.25, 0.3) is 0 Å². The van der Waals surface area contributed by atoms with Crippen LogP contribution < -0.4 is 18.6 Å². The summed E-state index contributed by atoms with van der Waals surface area (Å²) in [7, 11) is -3.01. The van der Waals surface area contributed by atoms with E-state index in [0.29, 0.717) is 22.9 Å². The van der Waals surface area contributed by atoms with Crippen molar-refractivity contribution >= 4 is 33.3 Å². The molecule has 11 heteroatoms. The third kappa shape index (κ3) is 5.94. The molecule has 0 bridgehead atoms. The number of halogens is 3. The number of fused-ring (bicyclic) bond motifs is 1. The summed E-state index contributed by atoms with van der Waals surface area (Å²) in [4.78, 5) is 2.72. The van der Waals surface area contributed by atoms with E-state index < -0.39 is 21.4 Å². The molecule has 1 unspecified atom stereocenters. The van der Waals surface area contributed by atoms with E-state index in [9.17, 15) is 21.6 Å². The Morgan fingerprint density at radius 3 is 2.29 bits per heavy atom. The fraction of sp³-hybridized carbons (Fsp3) is 0.500. The minimum Gasteiger partial charge on any atom is -0.497 e. The average Bonchev–Trinajstić information content (AvgIpc) is 2.98. The van der Waals surface area contributed by atoms with Gasteiger partial charge in [-0.3, -0.25) is 0 Å². The summed E-state index contributed by atoms with van der Waals surface area (Å²) < 4.78 is 77.4. The molecule has 1 aliphatic rings. The van der Waals surface area contributed by atoms with E-state index in [-0.39, 0.29) is 11.2 Å². The van der Waals surface area contributed by atoms with Crippen LogP contribution in [0.1, 0.15) is 39.5 Å². The van der Waals surface area contributed by atoms with E-state index in [1.54, 1.807) is 13.2 Å². The van der Waals surface area contributed by atoms with Crippen molar-refractivity contribution in [2.45, 2.75) is 49.9 Å². The van der Waals surface area contributed by atoms with Crippen LogP contribution in [0.25, 0.3) is 0 Å². The SMILES string of the molecule is CCCCC1(CC)CSc2cc(OS(=O)(=O)C(F)(F)F)c(OC)cc2N(c2ccc(OC)cc2)C1. The quantitative estimate of drug-likeness (QED) is 0.261. The number of hydrogen-bond acceptors (Lipinski definition) is 7. The van der Waals surface area contributed by atoms with Gasteiger partial charge in [0.15, 0.2) is 11.5 Å². The van der Waals surface area contributed by atoms with Crippen LogP contribution in [0.15, 0.2) is 41.3 Å². The van der Waals surface area contributed by atoms with Crippen LogP contribution in [-0.4, -0.2) is 40.4 Å². The van der Waals surface area contributed by atoms with E-state index in [0.717, 1.165) is 37.1 Å². The number of alkyl halides is 3. The number of methoxy groups -OCH3 is 2. The fourth-order valence-corrected chi connectivity index (χ4v) is 5.90. The number of benzene rings is 2. The lowest BCUT2D eigenvalue weighted by molar-refractivity contribution is -0.0500. The third-order valence-electron chi connectivity index (χ3n) is 6.24. The van der Waals surface area contributed by atoms with E-state index in [2.05, 4.69) is 22.9 Å². The molecule has 1 aliphatic heterocycles. The summed E-state index contributed by atoms with van der Waals surface area (Å²) in [6.07, 6.45) is 3.98. The van der Waals surface area contributed by atoms with Gasteiger partial charge in [0.1, 0.15) is 5.75 Å². The normalized spacial score (nSPS) is 18.5. The summed E-state index contributed by atoms with van der Waals surface area (Å²) >= 11 is 1.49. The van der Waals surface area contributed by atoms with Crippen molar-refractivity contribution in [3.63, 3.8) is 0 Å². The Morgan fingerprint density at radius 2 is 1.74 bits per heavy atom. The smallest absolute Gasteiger partial charge is 0.497 e. The molecule has 0 saturated carbocycles. The van der Waals surface area contributed by atoms with Crippen molar-refractivity contribution in [1.82, 2.24) is 0 Å². The van der Waals surface area contributed by atoms with Gasteiger partial charge in [-0.15, -0.1) is 11.8 Å². The highest BCUT2D eigenvalue weighted by Crippen LogP contribution is 2.50. The lowest BCUT2D eigenvalue weighted by Crippen LogP contribution is -2.36. The first-order valence-corrected chi connectivity index (χ1v) is 13.7. The standard InChI is InChI=1S/C24H30F3NO5S2/c1-5-7-12-23(6-2)15-28(17-8-10-18(31-3)11-9-17)19-13-20(32-4)21(14-22(19)34-16-23)33-35(29,30)24(25,26)27/h8-11,13-14H,5-7,12,15-16H2,1-4H3. The average molecular weight is 534 g/mol. The highest BCUT2D eigenvalue weighted by molar-refractivity contribution is 7.99. The Morgan fingerprint density at radius 1 is 1.06 bits per heavy atom. The number of rotatable bonds is 9. The van der Waals surface area contributed by atoms with Gasteiger partial charge in [-0.1, -0.05) is 26.7 Å². The Hall–Kier alpha value is -2.27. The van der Waals surface area contributed by atoms with Gasteiger partial charge < -0.3 is 18.6 Å². The molecular formula is C24H30F3NO5S2. The minimum atomic E-state index is -5.85. The topological polar surface area (TPSA) is 65.1 Å². The molecule has 1 atom stereocenters. The monoisotopic (exact) mass is 533 g/mol. The number of anilines is 2. The largest absolute Gasteiger partial charge is 0.534 e. The summed E-state index contributed by atoms with van der Waals surface area (Å²) in [5, 5.41) is 0. The molecule has 2 aromatic carbocycles. The zero-order valence-electron chi connectivity index (χ0n) is 20.1. The first-order chi connectivity index (χ1) is 16.5. The van der Waals surface area contributed by atoms with Crippen molar-refractivity contribution in [1.29, 1.82) is 0 Å². The van der Waals surface area contributed by atoms with Crippen molar-refractivity contribution in [2.75, 3.05) is 31.4 Å². The van der Waals surface area contributed by atoms with Crippen molar-refractivity contribution in [3.05, 3.63) is 36.4 Å². The first-order valence-electron chi connectivity index (χ1n) is 11.3. The second-order valence-corrected chi connectivity index (χ2v) is 11.0. The maximum absolute atomic E-state index is 13.0. The number of nitrogens with zero attached hydrogens (tertiary/aromatic N) is 1. The molecule has 1 heterocycles. The lowest BCUT2D eigenvalue weighted by Gasteiger charge is -2.37. The van der Waals surface area contributed by atoms with Crippen molar-refractivity contribution < 1.29 is 35.2 Å². The van der Waals surface area contributed by atoms with E-state index >= 15 is 0 Å². The third-order valence-corrected chi connectivity index (χ3v) is 8.60. The molecule has 2 aromatic rings. The summed E-state index contributed by atoms with van der Waals surface area (Å²) in [5.74, 6) is 0.821. The van der Waals surface area contributed by atoms with Gasteiger partial charge in [-0.25, -0.2) is 0 Å². The Balaban J connectivity index is 2.14. The van der Waals surface area contributed by atoms with Crippen molar-refractivity contribution in [2.24, 2.45) is 5.41 Å². The molecule has 0 aromatic heterocycles. The predicted octanol–water partition coefficient (Wildman–Crippen LogP) is 6.76. The zero-order valence-corrected chi connectivity index (χ0v) is 21.8. The second kappa shape index (κ2) is 10.8. The zero-order chi connectivity index (χ0) is 25.9. The summed E-state index contributed by atoms with van der Waals surface area (Å²) in [6, 6.07) is 10.4. The molecule has 0 radical (unpaired) electrons. The van der Waals surface area contributed by atoms with Gasteiger partial charge in [-0.05, 0) is 42.5 Å². The first kappa shape index (κ1) is 27.3. The number of hydrogen-bond donors (Lipinski definition) is 0. The highest BCUT2D eigenvalue weighted by atomic mass is 32.2. The van der Waals surface area contributed by atoms with Crippen LogP contribution in [0.3, 0.4) is 0 Å². The molecule has 0 aliphatic carbocycles. The van der Waals surface area contributed by atoms with Gasteiger partial charge >= 0.3 is 15.6 Å². The van der Waals surface area contributed by atoms with Crippen LogP contribution in [0.5, 0.6) is 17.2 Å². The minimum absolute atomic E-state index is 0.0636. The molecule has 0 spiro atoms. The number of ether oxygens (including phenoxy) is 2. The van der Waals surface area contributed by atoms with Crippen LogP contribution >= 0.6 is 11.8 Å². The van der Waals surface area contributed by atoms with Crippen molar-refractivity contribution in [3.8, 4) is 17.2 Å². The molecule has 6 nitrogen and oxygen atoms in total. The van der Waals surface area contributed by atoms with Gasteiger partial charge in [0.2, 0.25) is 0 Å². The molecule has 0 amide bonds. The lowest BCUT2D eigenvalue weighted by atomic mass is 9.81. The molecular weight excluding hydrogens is 503 g/mol. The number of unbranched alkanes of at least 4 members (excludes halogenated alkanes) is 1. The summed E-state index contributed by atoms with van der Waals surface area (Å²) in [5.41, 5.74) is -4.03. The van der Waals surface area contributed by atoms with Gasteiger partial charge in [-0.2, -0.15) is 21.6 Å². The van der Waals surface area contributed by atoms with Crippen LogP contribution in [-0.2, 0) is 10.1 Å². The Labute approximate surface area is 208 Å². The van der Waals surface area contributed by atoms with Crippen LogP contribution in [0.4, 0.5) is 24.5 Å². The summed E-state index contributed by atoms with van der Waals surface area (Å²) in [6.45, 7) is 4.96. The van der Waals surface area contributed by atoms with Gasteiger partial charge in [0.05, 0.1) is 19.9 Å². The second-order valence-electron chi connectivity index (χ2n) is 8.48. The molecule has 0 N–H and O–H groups in total. The molecule has 0 fully saturated rings. The fourth-order valence-electron chi connectivity index (χ4n) is 4.03.